The molecular formula is C20H21NO4. The third-order valence-electron chi connectivity index (χ3n) is 4.50. The normalized spacial score (nSPS) is 15.0. The molecule has 0 amide bonds. The predicted molar refractivity (Wildman–Crippen MR) is 96.3 cm³/mol. The second-order valence-corrected chi connectivity index (χ2v) is 5.97. The van der Waals surface area contributed by atoms with Crippen molar-refractivity contribution in [2.45, 2.75) is 13.3 Å². The molecule has 0 fully saturated rings. The van der Waals surface area contributed by atoms with Gasteiger partial charge in [-0.2, -0.15) is 0 Å². The number of ether oxygens (including phenoxy) is 4. The fourth-order valence-corrected chi connectivity index (χ4v) is 3.26. The first kappa shape index (κ1) is 15.8. The molecule has 4 rings (SSSR count). The number of hydrogen-bond acceptors (Lipinski definition) is 5. The van der Waals surface area contributed by atoms with Crippen molar-refractivity contribution in [1.29, 1.82) is 0 Å². The number of nitrogens with one attached hydrogen (secondary N) is 1. The highest BCUT2D eigenvalue weighted by Crippen LogP contribution is 2.40. The van der Waals surface area contributed by atoms with Gasteiger partial charge in [0.1, 0.15) is 5.75 Å². The molecule has 0 bridgehead atoms. The Balaban J connectivity index is 1.75. The van der Waals surface area contributed by atoms with Crippen LogP contribution in [0.3, 0.4) is 0 Å². The van der Waals surface area contributed by atoms with Gasteiger partial charge in [-0.3, -0.25) is 0 Å². The summed E-state index contributed by atoms with van der Waals surface area (Å²) in [5.74, 6) is 2.45. The van der Waals surface area contributed by atoms with E-state index in [0.717, 1.165) is 46.2 Å². The Kier molecular flexibility index (Phi) is 4.24. The Bertz CT molecular complexity index is 828. The molecule has 5 nitrogen and oxygen atoms in total. The van der Waals surface area contributed by atoms with Crippen molar-refractivity contribution in [3.63, 3.8) is 0 Å². The maximum atomic E-state index is 5.71. The molecule has 2 aliphatic rings. The van der Waals surface area contributed by atoms with Gasteiger partial charge in [0.05, 0.1) is 13.7 Å². The summed E-state index contributed by atoms with van der Waals surface area (Å²) in [6.45, 7) is 3.53. The van der Waals surface area contributed by atoms with Gasteiger partial charge < -0.3 is 24.3 Å². The molecule has 130 valence electrons. The maximum Gasteiger partial charge on any atom is 0.231 e. The van der Waals surface area contributed by atoms with E-state index in [2.05, 4.69) is 11.4 Å². The van der Waals surface area contributed by atoms with Gasteiger partial charge in [-0.25, -0.2) is 0 Å². The minimum Gasteiger partial charge on any atom is -0.496 e. The number of anilines is 1. The predicted octanol–water partition coefficient (Wildman–Crippen LogP) is 3.84. The Hall–Kier alpha value is -2.66. The molecule has 25 heavy (non-hydrogen) atoms. The zero-order valence-corrected chi connectivity index (χ0v) is 14.4. The minimum atomic E-state index is 0.275. The fraction of sp³-hybridized carbons (Fsp3) is 0.300. The summed E-state index contributed by atoms with van der Waals surface area (Å²) < 4.78 is 22.2. The largest absolute Gasteiger partial charge is 0.496 e. The van der Waals surface area contributed by atoms with Crippen LogP contribution in [0.15, 0.2) is 42.0 Å². The first-order valence-corrected chi connectivity index (χ1v) is 8.43. The van der Waals surface area contributed by atoms with E-state index in [1.807, 2.05) is 37.3 Å². The van der Waals surface area contributed by atoms with Crippen molar-refractivity contribution in [1.82, 2.24) is 0 Å². The molecule has 0 aliphatic carbocycles. The zero-order chi connectivity index (χ0) is 17.2. The lowest BCUT2D eigenvalue weighted by Crippen LogP contribution is -2.16. The van der Waals surface area contributed by atoms with Crippen LogP contribution in [-0.4, -0.2) is 27.1 Å². The van der Waals surface area contributed by atoms with Gasteiger partial charge in [0.25, 0.3) is 0 Å². The number of benzene rings is 2. The van der Waals surface area contributed by atoms with Gasteiger partial charge in [0, 0.05) is 35.5 Å². The number of fused-ring (bicyclic) bond motifs is 2. The van der Waals surface area contributed by atoms with Crippen LogP contribution in [0, 0.1) is 0 Å². The van der Waals surface area contributed by atoms with Gasteiger partial charge in [-0.15, -0.1) is 0 Å². The summed E-state index contributed by atoms with van der Waals surface area (Å²) in [6, 6.07) is 12.1. The maximum absolute atomic E-state index is 5.71. The molecule has 2 aliphatic heterocycles. The van der Waals surface area contributed by atoms with Crippen molar-refractivity contribution < 1.29 is 18.9 Å². The average molecular weight is 339 g/mol. The third kappa shape index (κ3) is 2.91. The average Bonchev–Trinajstić information content (AvgIpc) is 3.12. The summed E-state index contributed by atoms with van der Waals surface area (Å²) in [4.78, 5) is 0. The Labute approximate surface area is 147 Å². The second-order valence-electron chi connectivity index (χ2n) is 5.97. The molecule has 0 aromatic heterocycles. The summed E-state index contributed by atoms with van der Waals surface area (Å²) in [5.41, 5.74) is 5.54. The molecule has 0 radical (unpaired) electrons. The molecule has 2 aromatic carbocycles. The molecule has 2 heterocycles. The third-order valence-corrected chi connectivity index (χ3v) is 4.50. The van der Waals surface area contributed by atoms with Crippen LogP contribution in [0.4, 0.5) is 5.69 Å². The number of rotatable bonds is 5. The summed E-state index contributed by atoms with van der Waals surface area (Å²) >= 11 is 0. The minimum absolute atomic E-state index is 0.275. The van der Waals surface area contributed by atoms with E-state index in [1.54, 1.807) is 7.11 Å². The second kappa shape index (κ2) is 6.69. The first-order valence-electron chi connectivity index (χ1n) is 8.43. The van der Waals surface area contributed by atoms with Gasteiger partial charge in [0.15, 0.2) is 11.5 Å². The quantitative estimate of drug-likeness (QED) is 0.897. The molecule has 2 aromatic rings. The van der Waals surface area contributed by atoms with Crippen LogP contribution in [0.1, 0.15) is 18.1 Å². The lowest BCUT2D eigenvalue weighted by atomic mass is 9.93. The standard InChI is InChI=1S/C20H21NO4/c1-3-23-11-14-9-15-16(5-4-6-17(15)22-2)21-20(14)13-7-8-18-19(10-13)25-12-24-18/h4-8,10,21H,3,9,11-12H2,1-2H3. The zero-order valence-electron chi connectivity index (χ0n) is 14.4. The summed E-state index contributed by atoms with van der Waals surface area (Å²) in [7, 11) is 1.70. The van der Waals surface area contributed by atoms with Crippen LogP contribution >= 0.6 is 0 Å². The molecule has 0 saturated heterocycles. The van der Waals surface area contributed by atoms with E-state index >= 15 is 0 Å². The van der Waals surface area contributed by atoms with Crippen LogP contribution in [0.5, 0.6) is 17.2 Å². The molecule has 0 atom stereocenters. The van der Waals surface area contributed by atoms with Crippen LogP contribution in [-0.2, 0) is 11.2 Å². The number of methoxy groups -OCH3 is 1. The Morgan fingerprint density at radius 1 is 1.12 bits per heavy atom. The van der Waals surface area contributed by atoms with Gasteiger partial charge in [-0.05, 0) is 42.8 Å². The topological polar surface area (TPSA) is 49.0 Å². The molecule has 0 spiro atoms. The molecular weight excluding hydrogens is 318 g/mol. The van der Waals surface area contributed by atoms with Crippen LogP contribution < -0.4 is 19.5 Å². The monoisotopic (exact) mass is 339 g/mol. The highest BCUT2D eigenvalue weighted by Gasteiger charge is 2.23. The Morgan fingerprint density at radius 2 is 2.00 bits per heavy atom. The van der Waals surface area contributed by atoms with E-state index in [4.69, 9.17) is 18.9 Å². The lowest BCUT2D eigenvalue weighted by Gasteiger charge is -2.26. The van der Waals surface area contributed by atoms with Gasteiger partial charge >= 0.3 is 0 Å². The number of hydrogen-bond donors (Lipinski definition) is 1. The van der Waals surface area contributed by atoms with E-state index in [-0.39, 0.29) is 6.79 Å². The highest BCUT2D eigenvalue weighted by atomic mass is 16.7. The summed E-state index contributed by atoms with van der Waals surface area (Å²) in [6.07, 6.45) is 0.788. The van der Waals surface area contributed by atoms with E-state index < -0.39 is 0 Å². The molecule has 1 N–H and O–H groups in total. The van der Waals surface area contributed by atoms with E-state index in [0.29, 0.717) is 13.2 Å². The van der Waals surface area contributed by atoms with Gasteiger partial charge in [-0.1, -0.05) is 6.07 Å². The summed E-state index contributed by atoms with van der Waals surface area (Å²) in [5, 5.41) is 3.56. The van der Waals surface area contributed by atoms with Crippen molar-refractivity contribution in [2.24, 2.45) is 0 Å². The van der Waals surface area contributed by atoms with Crippen LogP contribution in [0.2, 0.25) is 0 Å². The van der Waals surface area contributed by atoms with E-state index in [1.165, 1.54) is 5.57 Å². The SMILES string of the molecule is CCOCC1=C(c2ccc3c(c2)OCO3)Nc2cccc(OC)c2C1. The van der Waals surface area contributed by atoms with E-state index in [9.17, 15) is 0 Å². The van der Waals surface area contributed by atoms with Crippen molar-refractivity contribution in [3.05, 3.63) is 53.1 Å². The van der Waals surface area contributed by atoms with Crippen LogP contribution in [0.25, 0.3) is 5.70 Å². The van der Waals surface area contributed by atoms with Crippen molar-refractivity contribution >= 4 is 11.4 Å². The Morgan fingerprint density at radius 3 is 2.84 bits per heavy atom. The van der Waals surface area contributed by atoms with Crippen molar-refractivity contribution in [2.75, 3.05) is 32.4 Å². The van der Waals surface area contributed by atoms with Crippen molar-refractivity contribution in [3.8, 4) is 17.2 Å². The molecule has 5 heteroatoms. The molecule has 0 unspecified atom stereocenters. The lowest BCUT2D eigenvalue weighted by molar-refractivity contribution is 0.169. The molecule has 0 saturated carbocycles. The van der Waals surface area contributed by atoms with Gasteiger partial charge in [0.2, 0.25) is 6.79 Å². The highest BCUT2D eigenvalue weighted by molar-refractivity contribution is 5.85. The smallest absolute Gasteiger partial charge is 0.231 e. The first-order chi connectivity index (χ1) is 12.3. The fourth-order valence-electron chi connectivity index (χ4n) is 3.26.